The van der Waals surface area contributed by atoms with Gasteiger partial charge in [-0.2, -0.15) is 0 Å². The van der Waals surface area contributed by atoms with Gasteiger partial charge in [-0.15, -0.1) is 0 Å². The van der Waals surface area contributed by atoms with Crippen molar-refractivity contribution in [2.45, 2.75) is 29.6 Å². The van der Waals surface area contributed by atoms with Crippen LogP contribution in [-0.2, 0) is 4.79 Å². The number of ketones is 1. The highest BCUT2D eigenvalue weighted by Crippen LogP contribution is 2.58. The normalized spacial score (nSPS) is 56.4. The Kier molecular flexibility index (Phi) is 1.59. The molecule has 0 aromatic rings. The van der Waals surface area contributed by atoms with Crippen LogP contribution in [0.25, 0.3) is 0 Å². The molecule has 0 aromatic heterocycles. The molecule has 0 aliphatic heterocycles. The molecular formula is C10H13IO. The van der Waals surface area contributed by atoms with E-state index >= 15 is 0 Å². The molecule has 0 amide bonds. The van der Waals surface area contributed by atoms with E-state index in [1.807, 2.05) is 0 Å². The van der Waals surface area contributed by atoms with Gasteiger partial charge in [0.15, 0.2) is 0 Å². The van der Waals surface area contributed by atoms with Gasteiger partial charge < -0.3 is 0 Å². The molecular weight excluding hydrogens is 263 g/mol. The molecule has 3 rings (SSSR count). The zero-order valence-electron chi connectivity index (χ0n) is 7.00. The lowest BCUT2D eigenvalue weighted by molar-refractivity contribution is -0.122. The van der Waals surface area contributed by atoms with E-state index in [1.165, 1.54) is 25.7 Å². The molecule has 12 heavy (non-hydrogen) atoms. The minimum atomic E-state index is 0.490. The summed E-state index contributed by atoms with van der Waals surface area (Å²) in [7, 11) is 0. The zero-order chi connectivity index (χ0) is 8.29. The Morgan fingerprint density at radius 1 is 1.08 bits per heavy atom. The summed E-state index contributed by atoms with van der Waals surface area (Å²) in [6, 6.07) is 0. The fourth-order valence-electron chi connectivity index (χ4n) is 3.75. The van der Waals surface area contributed by atoms with Gasteiger partial charge in [-0.1, -0.05) is 22.6 Å². The van der Waals surface area contributed by atoms with Crippen LogP contribution in [0, 0.1) is 23.7 Å². The van der Waals surface area contributed by atoms with Crippen molar-refractivity contribution in [1.29, 1.82) is 0 Å². The standard InChI is InChI=1S/C10H13IO/c11-8-4-3-5-6-1-2-7(9(5)8)10(6)12/h5-9H,1-4H2. The number of alkyl halides is 1. The summed E-state index contributed by atoms with van der Waals surface area (Å²) in [5, 5.41) is 0. The number of carbonyl (C=O) groups is 1. The monoisotopic (exact) mass is 276 g/mol. The maximum atomic E-state index is 11.7. The molecule has 0 heterocycles. The second-order valence-corrected chi connectivity index (χ2v) is 6.13. The van der Waals surface area contributed by atoms with E-state index < -0.39 is 0 Å². The van der Waals surface area contributed by atoms with Crippen LogP contribution in [0.4, 0.5) is 0 Å². The van der Waals surface area contributed by atoms with E-state index in [0.717, 1.165) is 15.8 Å². The molecule has 0 N–H and O–H groups in total. The molecule has 0 aromatic carbocycles. The number of hydrogen-bond donors (Lipinski definition) is 0. The van der Waals surface area contributed by atoms with E-state index in [0.29, 0.717) is 17.6 Å². The number of carbonyl (C=O) groups excluding carboxylic acids is 1. The summed E-state index contributed by atoms with van der Waals surface area (Å²) in [4.78, 5) is 11.7. The first kappa shape index (κ1) is 7.77. The Bertz CT molecular complexity index is 238. The first-order valence-electron chi connectivity index (χ1n) is 4.97. The van der Waals surface area contributed by atoms with Gasteiger partial charge in [-0.25, -0.2) is 0 Å². The van der Waals surface area contributed by atoms with Crippen LogP contribution < -0.4 is 0 Å². The summed E-state index contributed by atoms with van der Waals surface area (Å²) < 4.78 is 0.812. The number of Topliss-reactive ketones (excluding diaryl/α,β-unsaturated/α-hetero) is 1. The Hall–Kier alpha value is 0.400. The molecule has 2 heteroatoms. The van der Waals surface area contributed by atoms with Gasteiger partial charge in [0.05, 0.1) is 0 Å². The van der Waals surface area contributed by atoms with Crippen molar-refractivity contribution in [2.24, 2.45) is 23.7 Å². The average Bonchev–Trinajstić information content (AvgIpc) is 2.66. The van der Waals surface area contributed by atoms with Crippen LogP contribution in [0.1, 0.15) is 25.7 Å². The van der Waals surface area contributed by atoms with Crippen molar-refractivity contribution < 1.29 is 4.79 Å². The lowest BCUT2D eigenvalue weighted by Gasteiger charge is -2.24. The first-order valence-corrected chi connectivity index (χ1v) is 6.21. The average molecular weight is 276 g/mol. The van der Waals surface area contributed by atoms with Gasteiger partial charge in [0.2, 0.25) is 0 Å². The van der Waals surface area contributed by atoms with Crippen LogP contribution in [-0.4, -0.2) is 9.71 Å². The van der Waals surface area contributed by atoms with Crippen molar-refractivity contribution in [3.05, 3.63) is 0 Å². The van der Waals surface area contributed by atoms with Gasteiger partial charge in [0, 0.05) is 15.8 Å². The lowest BCUT2D eigenvalue weighted by atomic mass is 9.82. The highest BCUT2D eigenvalue weighted by Gasteiger charge is 2.57. The Morgan fingerprint density at radius 2 is 1.83 bits per heavy atom. The number of halogens is 1. The van der Waals surface area contributed by atoms with Crippen LogP contribution in [0.2, 0.25) is 0 Å². The van der Waals surface area contributed by atoms with Crippen LogP contribution in [0.3, 0.4) is 0 Å². The number of rotatable bonds is 0. The van der Waals surface area contributed by atoms with Crippen molar-refractivity contribution in [3.63, 3.8) is 0 Å². The molecule has 0 radical (unpaired) electrons. The van der Waals surface area contributed by atoms with Gasteiger partial charge >= 0.3 is 0 Å². The van der Waals surface area contributed by atoms with Crippen LogP contribution in [0.15, 0.2) is 0 Å². The van der Waals surface area contributed by atoms with Crippen LogP contribution in [0.5, 0.6) is 0 Å². The van der Waals surface area contributed by atoms with Crippen molar-refractivity contribution >= 4 is 28.4 Å². The van der Waals surface area contributed by atoms with Crippen molar-refractivity contribution in [1.82, 2.24) is 0 Å². The fraction of sp³-hybridized carbons (Fsp3) is 0.900. The second kappa shape index (κ2) is 2.46. The van der Waals surface area contributed by atoms with E-state index in [1.54, 1.807) is 0 Å². The summed E-state index contributed by atoms with van der Waals surface area (Å²) in [6.45, 7) is 0. The largest absolute Gasteiger partial charge is 0.299 e. The SMILES string of the molecule is O=C1C2CCC1C1C(I)CCC21. The molecule has 3 fully saturated rings. The molecule has 0 saturated heterocycles. The predicted molar refractivity (Wildman–Crippen MR) is 55.2 cm³/mol. The first-order chi connectivity index (χ1) is 5.79. The Morgan fingerprint density at radius 3 is 2.58 bits per heavy atom. The van der Waals surface area contributed by atoms with E-state index in [9.17, 15) is 4.79 Å². The molecule has 5 unspecified atom stereocenters. The van der Waals surface area contributed by atoms with Gasteiger partial charge in [-0.3, -0.25) is 4.79 Å². The quantitative estimate of drug-likeness (QED) is 0.490. The summed E-state index contributed by atoms with van der Waals surface area (Å²) in [5.41, 5.74) is 0. The number of hydrogen-bond acceptors (Lipinski definition) is 1. The molecule has 1 nitrogen and oxygen atoms in total. The van der Waals surface area contributed by atoms with Gasteiger partial charge in [0.25, 0.3) is 0 Å². The Balaban J connectivity index is 1.98. The minimum Gasteiger partial charge on any atom is -0.299 e. The fourth-order valence-corrected chi connectivity index (χ4v) is 5.14. The van der Waals surface area contributed by atoms with Gasteiger partial charge in [-0.05, 0) is 37.5 Å². The summed E-state index contributed by atoms with van der Waals surface area (Å²) in [6.07, 6.45) is 5.14. The maximum Gasteiger partial charge on any atom is 0.139 e. The van der Waals surface area contributed by atoms with Crippen molar-refractivity contribution in [2.75, 3.05) is 0 Å². The van der Waals surface area contributed by atoms with E-state index in [-0.39, 0.29) is 0 Å². The summed E-state index contributed by atoms with van der Waals surface area (Å²) >= 11 is 2.57. The maximum absolute atomic E-state index is 11.7. The molecule has 3 aliphatic carbocycles. The third-order valence-corrected chi connectivity index (χ3v) is 5.64. The lowest BCUT2D eigenvalue weighted by Crippen LogP contribution is -2.21. The second-order valence-electron chi connectivity index (χ2n) is 4.53. The minimum absolute atomic E-state index is 0.490. The third-order valence-electron chi connectivity index (χ3n) is 4.19. The van der Waals surface area contributed by atoms with Gasteiger partial charge in [0.1, 0.15) is 5.78 Å². The highest BCUT2D eigenvalue weighted by atomic mass is 127. The zero-order valence-corrected chi connectivity index (χ0v) is 9.16. The molecule has 5 atom stereocenters. The third kappa shape index (κ3) is 0.777. The predicted octanol–water partition coefficient (Wildman–Crippen LogP) is 2.43. The Labute approximate surface area is 86.4 Å². The smallest absolute Gasteiger partial charge is 0.139 e. The number of fused-ring (bicyclic) bond motifs is 5. The van der Waals surface area contributed by atoms with Crippen LogP contribution >= 0.6 is 22.6 Å². The summed E-state index contributed by atoms with van der Waals surface area (Å²) in [5.74, 6) is 3.21. The molecule has 0 spiro atoms. The highest BCUT2D eigenvalue weighted by molar-refractivity contribution is 14.1. The topological polar surface area (TPSA) is 17.1 Å². The van der Waals surface area contributed by atoms with Crippen molar-refractivity contribution in [3.8, 4) is 0 Å². The van der Waals surface area contributed by atoms with E-state index in [2.05, 4.69) is 22.6 Å². The van der Waals surface area contributed by atoms with E-state index in [4.69, 9.17) is 0 Å². The molecule has 3 aliphatic rings. The molecule has 3 saturated carbocycles. The molecule has 66 valence electrons. The molecule has 2 bridgehead atoms.